The molecular weight excluding hydrogens is 224 g/mol. The number of carbonyl (C=O) groups excluding carboxylic acids is 2. The quantitative estimate of drug-likeness (QED) is 0.685. The van der Waals surface area contributed by atoms with E-state index in [0.717, 1.165) is 5.57 Å². The Labute approximate surface area is 101 Å². The smallest absolute Gasteiger partial charge is 0.336 e. The zero-order chi connectivity index (χ0) is 13.1. The minimum absolute atomic E-state index is 0.147. The van der Waals surface area contributed by atoms with Gasteiger partial charge in [0, 0.05) is 24.2 Å². The highest BCUT2D eigenvalue weighted by atomic mass is 16.7. The van der Waals surface area contributed by atoms with Crippen molar-refractivity contribution in [3.8, 4) is 0 Å². The highest BCUT2D eigenvalue weighted by Crippen LogP contribution is 2.37. The topological polar surface area (TPSA) is 61.8 Å². The first-order valence-electron chi connectivity index (χ1n) is 5.59. The molecular formula is C12H18O5. The molecule has 1 heterocycles. The first kappa shape index (κ1) is 13.7. The normalized spacial score (nSPS) is 23.9. The molecule has 5 nitrogen and oxygen atoms in total. The van der Waals surface area contributed by atoms with Gasteiger partial charge in [-0.2, -0.15) is 0 Å². The maximum Gasteiger partial charge on any atom is 0.336 e. The number of ether oxygens (including phenoxy) is 3. The van der Waals surface area contributed by atoms with Crippen LogP contribution in [0.5, 0.6) is 0 Å². The van der Waals surface area contributed by atoms with Crippen LogP contribution in [0.2, 0.25) is 0 Å². The van der Waals surface area contributed by atoms with Crippen molar-refractivity contribution in [3.63, 3.8) is 0 Å². The molecule has 0 aliphatic carbocycles. The molecule has 0 fully saturated rings. The van der Waals surface area contributed by atoms with Gasteiger partial charge in [-0.3, -0.25) is 4.79 Å². The number of rotatable bonds is 5. The summed E-state index contributed by atoms with van der Waals surface area (Å²) < 4.78 is 15.4. The van der Waals surface area contributed by atoms with Gasteiger partial charge in [0.2, 0.25) is 5.79 Å². The van der Waals surface area contributed by atoms with E-state index < -0.39 is 5.79 Å². The van der Waals surface area contributed by atoms with E-state index in [-0.39, 0.29) is 24.8 Å². The van der Waals surface area contributed by atoms with Crippen LogP contribution in [0.1, 0.15) is 33.6 Å². The zero-order valence-electron chi connectivity index (χ0n) is 10.7. The van der Waals surface area contributed by atoms with Crippen molar-refractivity contribution >= 4 is 11.9 Å². The van der Waals surface area contributed by atoms with Crippen LogP contribution in [-0.4, -0.2) is 31.4 Å². The molecule has 0 aromatic carbocycles. The summed E-state index contributed by atoms with van der Waals surface area (Å²) in [6.45, 7) is 5.69. The predicted octanol–water partition coefficient (Wildman–Crippen LogP) is 1.57. The first-order chi connectivity index (χ1) is 7.96. The second-order valence-corrected chi connectivity index (χ2v) is 3.90. The summed E-state index contributed by atoms with van der Waals surface area (Å²) in [5.74, 6) is -1.83. The summed E-state index contributed by atoms with van der Waals surface area (Å²) in [6, 6.07) is 0. The van der Waals surface area contributed by atoms with Crippen molar-refractivity contribution in [3.05, 3.63) is 11.1 Å². The lowest BCUT2D eigenvalue weighted by molar-refractivity contribution is -0.204. The average molecular weight is 242 g/mol. The monoisotopic (exact) mass is 242 g/mol. The van der Waals surface area contributed by atoms with Gasteiger partial charge < -0.3 is 14.2 Å². The summed E-state index contributed by atoms with van der Waals surface area (Å²) in [5, 5.41) is 0. The predicted molar refractivity (Wildman–Crippen MR) is 60.1 cm³/mol. The number of cyclic esters (lactones) is 1. The highest BCUT2D eigenvalue weighted by molar-refractivity contribution is 5.92. The lowest BCUT2D eigenvalue weighted by Crippen LogP contribution is -2.35. The first-order valence-corrected chi connectivity index (χ1v) is 5.59. The van der Waals surface area contributed by atoms with Crippen molar-refractivity contribution in [2.45, 2.75) is 39.4 Å². The SMILES string of the molecule is CCO[C@@]1(CCC(=O)OC)OC(=O)C(C)=C1C. The number of carbonyl (C=O) groups is 2. The van der Waals surface area contributed by atoms with E-state index in [2.05, 4.69) is 4.74 Å². The lowest BCUT2D eigenvalue weighted by Gasteiger charge is -2.28. The van der Waals surface area contributed by atoms with Crippen molar-refractivity contribution in [1.29, 1.82) is 0 Å². The molecule has 1 rings (SSSR count). The molecule has 0 aromatic heterocycles. The number of hydrogen-bond donors (Lipinski definition) is 0. The lowest BCUT2D eigenvalue weighted by atomic mass is 10.00. The number of esters is 2. The summed E-state index contributed by atoms with van der Waals surface area (Å²) in [4.78, 5) is 22.7. The van der Waals surface area contributed by atoms with Gasteiger partial charge in [0.25, 0.3) is 0 Å². The molecule has 0 N–H and O–H groups in total. The fraction of sp³-hybridized carbons (Fsp3) is 0.667. The van der Waals surface area contributed by atoms with Gasteiger partial charge in [-0.25, -0.2) is 4.79 Å². The molecule has 5 heteroatoms. The van der Waals surface area contributed by atoms with E-state index in [1.165, 1.54) is 7.11 Å². The number of hydrogen-bond acceptors (Lipinski definition) is 5. The van der Waals surface area contributed by atoms with Crippen molar-refractivity contribution in [2.75, 3.05) is 13.7 Å². The molecule has 0 saturated carbocycles. The fourth-order valence-electron chi connectivity index (χ4n) is 1.79. The Morgan fingerprint density at radius 2 is 2.06 bits per heavy atom. The molecule has 0 radical (unpaired) electrons. The third-order valence-corrected chi connectivity index (χ3v) is 2.96. The van der Waals surface area contributed by atoms with Crippen LogP contribution in [-0.2, 0) is 23.8 Å². The van der Waals surface area contributed by atoms with Crippen LogP contribution in [0.3, 0.4) is 0 Å². The Hall–Kier alpha value is -1.36. The van der Waals surface area contributed by atoms with E-state index in [1.54, 1.807) is 13.8 Å². The molecule has 96 valence electrons. The van der Waals surface area contributed by atoms with Crippen molar-refractivity contribution in [2.24, 2.45) is 0 Å². The van der Waals surface area contributed by atoms with E-state index in [0.29, 0.717) is 12.2 Å². The van der Waals surface area contributed by atoms with Crippen LogP contribution in [0.15, 0.2) is 11.1 Å². The maximum absolute atomic E-state index is 11.5. The maximum atomic E-state index is 11.5. The Balaban J connectivity index is 2.85. The van der Waals surface area contributed by atoms with Gasteiger partial charge in [-0.15, -0.1) is 0 Å². The van der Waals surface area contributed by atoms with E-state index >= 15 is 0 Å². The number of methoxy groups -OCH3 is 1. The van der Waals surface area contributed by atoms with Gasteiger partial charge in [-0.1, -0.05) is 0 Å². The Kier molecular flexibility index (Phi) is 4.28. The van der Waals surface area contributed by atoms with Gasteiger partial charge in [-0.05, 0) is 20.8 Å². The standard InChI is InChI=1S/C12H18O5/c1-5-16-12(7-6-10(13)15-4)9(3)8(2)11(14)17-12/h5-7H2,1-4H3/t12-/m0/s1. The van der Waals surface area contributed by atoms with Crippen LogP contribution >= 0.6 is 0 Å². The third kappa shape index (κ3) is 2.66. The van der Waals surface area contributed by atoms with Crippen LogP contribution < -0.4 is 0 Å². The van der Waals surface area contributed by atoms with Crippen molar-refractivity contribution in [1.82, 2.24) is 0 Å². The summed E-state index contributed by atoms with van der Waals surface area (Å²) in [6.07, 6.45) is 0.427. The molecule has 0 aromatic rings. The molecule has 0 spiro atoms. The Morgan fingerprint density at radius 3 is 2.47 bits per heavy atom. The minimum Gasteiger partial charge on any atom is -0.469 e. The highest BCUT2D eigenvalue weighted by Gasteiger charge is 2.45. The molecule has 1 aliphatic heterocycles. The second-order valence-electron chi connectivity index (χ2n) is 3.90. The molecule has 0 amide bonds. The van der Waals surface area contributed by atoms with Gasteiger partial charge >= 0.3 is 11.9 Å². The average Bonchev–Trinajstić information content (AvgIpc) is 2.52. The molecule has 0 bridgehead atoms. The molecule has 1 atom stereocenters. The summed E-state index contributed by atoms with van der Waals surface area (Å²) >= 11 is 0. The zero-order valence-corrected chi connectivity index (χ0v) is 10.7. The van der Waals surface area contributed by atoms with Gasteiger partial charge in [0.15, 0.2) is 0 Å². The van der Waals surface area contributed by atoms with E-state index in [9.17, 15) is 9.59 Å². The molecule has 0 saturated heterocycles. The minimum atomic E-state index is -1.09. The summed E-state index contributed by atoms with van der Waals surface area (Å²) in [7, 11) is 1.32. The molecule has 0 unspecified atom stereocenters. The van der Waals surface area contributed by atoms with Crippen molar-refractivity contribution < 1.29 is 23.8 Å². The van der Waals surface area contributed by atoms with E-state index in [4.69, 9.17) is 9.47 Å². The molecule has 17 heavy (non-hydrogen) atoms. The van der Waals surface area contributed by atoms with Crippen LogP contribution in [0.4, 0.5) is 0 Å². The second kappa shape index (κ2) is 5.31. The van der Waals surface area contributed by atoms with Crippen LogP contribution in [0.25, 0.3) is 0 Å². The van der Waals surface area contributed by atoms with E-state index in [1.807, 2.05) is 6.92 Å². The van der Waals surface area contributed by atoms with Gasteiger partial charge in [0.1, 0.15) is 0 Å². The Bertz CT molecular complexity index is 358. The van der Waals surface area contributed by atoms with Gasteiger partial charge in [0.05, 0.1) is 13.5 Å². The summed E-state index contributed by atoms with van der Waals surface area (Å²) in [5.41, 5.74) is 1.27. The Morgan fingerprint density at radius 1 is 1.41 bits per heavy atom. The fourth-order valence-corrected chi connectivity index (χ4v) is 1.79. The van der Waals surface area contributed by atoms with Crippen LogP contribution in [0, 0.1) is 0 Å². The largest absolute Gasteiger partial charge is 0.469 e. The molecule has 1 aliphatic rings. The third-order valence-electron chi connectivity index (χ3n) is 2.96.